The molecule has 3 aromatic carbocycles. The molecule has 0 aromatic heterocycles. The standard InChI is InChI=1S/C22H20FNO/c1-16-7-9-18(10-8-16)22(25)15-21(17-5-3-2-4-6-17)24-20-13-11-19(23)12-14-20/h2-14,21,24H,15H2,1H3/t21-/m0/s1. The van der Waals surface area contributed by atoms with Gasteiger partial charge < -0.3 is 5.32 Å². The molecular formula is C22H20FNO. The number of carbonyl (C=O) groups excluding carboxylic acids is 1. The largest absolute Gasteiger partial charge is 0.378 e. The highest BCUT2D eigenvalue weighted by Crippen LogP contribution is 2.24. The van der Waals surface area contributed by atoms with Crippen LogP contribution in [-0.4, -0.2) is 5.78 Å². The number of nitrogens with one attached hydrogen (secondary N) is 1. The van der Waals surface area contributed by atoms with Crippen molar-refractivity contribution in [1.29, 1.82) is 0 Å². The van der Waals surface area contributed by atoms with Gasteiger partial charge in [0.2, 0.25) is 0 Å². The highest BCUT2D eigenvalue weighted by molar-refractivity contribution is 5.96. The van der Waals surface area contributed by atoms with E-state index in [9.17, 15) is 9.18 Å². The molecule has 0 fully saturated rings. The number of carbonyl (C=O) groups is 1. The molecule has 3 aromatic rings. The second kappa shape index (κ2) is 7.75. The summed E-state index contributed by atoms with van der Waals surface area (Å²) >= 11 is 0. The Morgan fingerprint density at radius 2 is 1.56 bits per heavy atom. The number of hydrogen-bond donors (Lipinski definition) is 1. The van der Waals surface area contributed by atoms with Crippen molar-refractivity contribution in [3.05, 3.63) is 101 Å². The molecule has 0 radical (unpaired) electrons. The van der Waals surface area contributed by atoms with Crippen molar-refractivity contribution < 1.29 is 9.18 Å². The Bertz CT molecular complexity index is 826. The van der Waals surface area contributed by atoms with Crippen LogP contribution in [0.3, 0.4) is 0 Å². The van der Waals surface area contributed by atoms with Gasteiger partial charge in [0.25, 0.3) is 0 Å². The van der Waals surface area contributed by atoms with E-state index in [0.29, 0.717) is 12.0 Å². The van der Waals surface area contributed by atoms with Gasteiger partial charge in [0.1, 0.15) is 5.82 Å². The zero-order valence-corrected chi connectivity index (χ0v) is 14.1. The van der Waals surface area contributed by atoms with Crippen LogP contribution in [0.1, 0.15) is 33.9 Å². The van der Waals surface area contributed by atoms with Crippen LogP contribution in [0.25, 0.3) is 0 Å². The molecule has 126 valence electrons. The number of Topliss-reactive ketones (excluding diaryl/α,β-unsaturated/α-hetero) is 1. The normalized spacial score (nSPS) is 11.8. The fraction of sp³-hybridized carbons (Fsp3) is 0.136. The predicted molar refractivity (Wildman–Crippen MR) is 99.3 cm³/mol. The average Bonchev–Trinajstić information content (AvgIpc) is 2.64. The van der Waals surface area contributed by atoms with Gasteiger partial charge in [-0.1, -0.05) is 60.2 Å². The van der Waals surface area contributed by atoms with E-state index < -0.39 is 0 Å². The van der Waals surface area contributed by atoms with Crippen LogP contribution in [-0.2, 0) is 0 Å². The average molecular weight is 333 g/mol. The molecule has 3 heteroatoms. The summed E-state index contributed by atoms with van der Waals surface area (Å²) in [7, 11) is 0. The lowest BCUT2D eigenvalue weighted by Crippen LogP contribution is -2.15. The lowest BCUT2D eigenvalue weighted by Gasteiger charge is -2.20. The molecule has 25 heavy (non-hydrogen) atoms. The van der Waals surface area contributed by atoms with Crippen molar-refractivity contribution >= 4 is 11.5 Å². The molecule has 0 spiro atoms. The van der Waals surface area contributed by atoms with Crippen LogP contribution in [0.5, 0.6) is 0 Å². The molecule has 0 aliphatic carbocycles. The summed E-state index contributed by atoms with van der Waals surface area (Å²) in [4.78, 5) is 12.7. The minimum Gasteiger partial charge on any atom is -0.378 e. The Balaban J connectivity index is 1.82. The first-order chi connectivity index (χ1) is 12.1. The Hall–Kier alpha value is -2.94. The van der Waals surface area contributed by atoms with E-state index in [1.165, 1.54) is 12.1 Å². The van der Waals surface area contributed by atoms with Crippen molar-refractivity contribution in [1.82, 2.24) is 0 Å². The first kappa shape index (κ1) is 16.9. The van der Waals surface area contributed by atoms with E-state index >= 15 is 0 Å². The summed E-state index contributed by atoms with van der Waals surface area (Å²) in [5.41, 5.74) is 3.63. The predicted octanol–water partition coefficient (Wildman–Crippen LogP) is 5.56. The van der Waals surface area contributed by atoms with Crippen LogP contribution in [0.2, 0.25) is 0 Å². The zero-order chi connectivity index (χ0) is 17.6. The van der Waals surface area contributed by atoms with Gasteiger partial charge in [-0.15, -0.1) is 0 Å². The molecule has 0 bridgehead atoms. The summed E-state index contributed by atoms with van der Waals surface area (Å²) in [6.45, 7) is 2.00. The van der Waals surface area contributed by atoms with Crippen molar-refractivity contribution in [2.75, 3.05) is 5.32 Å². The third-order valence-electron chi connectivity index (χ3n) is 4.15. The summed E-state index contributed by atoms with van der Waals surface area (Å²) in [6, 6.07) is 23.4. The molecule has 0 aliphatic heterocycles. The molecule has 0 saturated heterocycles. The summed E-state index contributed by atoms with van der Waals surface area (Å²) < 4.78 is 13.1. The molecule has 0 unspecified atom stereocenters. The Labute approximate surface area is 147 Å². The molecular weight excluding hydrogens is 313 g/mol. The maximum atomic E-state index is 13.1. The van der Waals surface area contributed by atoms with E-state index in [-0.39, 0.29) is 17.6 Å². The first-order valence-electron chi connectivity index (χ1n) is 8.29. The zero-order valence-electron chi connectivity index (χ0n) is 14.1. The molecule has 1 N–H and O–H groups in total. The SMILES string of the molecule is Cc1ccc(C(=O)C[C@H](Nc2ccc(F)cc2)c2ccccc2)cc1. The molecule has 0 saturated carbocycles. The van der Waals surface area contributed by atoms with E-state index in [4.69, 9.17) is 0 Å². The molecule has 3 rings (SSSR count). The van der Waals surface area contributed by atoms with Gasteiger partial charge in [-0.05, 0) is 36.8 Å². The number of rotatable bonds is 6. The molecule has 1 atom stereocenters. The third kappa shape index (κ3) is 4.54. The summed E-state index contributed by atoms with van der Waals surface area (Å²) in [6.07, 6.45) is 0.324. The topological polar surface area (TPSA) is 29.1 Å². The first-order valence-corrected chi connectivity index (χ1v) is 8.29. The lowest BCUT2D eigenvalue weighted by atomic mass is 9.97. The highest BCUT2D eigenvalue weighted by atomic mass is 19.1. The number of ketones is 1. The van der Waals surface area contributed by atoms with Gasteiger partial charge in [0, 0.05) is 17.7 Å². The highest BCUT2D eigenvalue weighted by Gasteiger charge is 2.17. The minimum absolute atomic E-state index is 0.0727. The van der Waals surface area contributed by atoms with Crippen LogP contribution in [0, 0.1) is 12.7 Å². The minimum atomic E-state index is -0.280. The fourth-order valence-corrected chi connectivity index (χ4v) is 2.73. The van der Waals surface area contributed by atoms with E-state index in [1.54, 1.807) is 12.1 Å². The monoisotopic (exact) mass is 333 g/mol. The van der Waals surface area contributed by atoms with Crippen LogP contribution < -0.4 is 5.32 Å². The Morgan fingerprint density at radius 3 is 2.20 bits per heavy atom. The van der Waals surface area contributed by atoms with Gasteiger partial charge in [-0.3, -0.25) is 4.79 Å². The number of anilines is 1. The van der Waals surface area contributed by atoms with E-state index in [0.717, 1.165) is 16.8 Å². The van der Waals surface area contributed by atoms with Gasteiger partial charge in [-0.25, -0.2) is 4.39 Å². The summed E-state index contributed by atoms with van der Waals surface area (Å²) in [5.74, 6) is -0.207. The van der Waals surface area contributed by atoms with Crippen LogP contribution in [0.4, 0.5) is 10.1 Å². The second-order valence-electron chi connectivity index (χ2n) is 6.11. The number of aryl methyl sites for hydroxylation is 1. The molecule has 2 nitrogen and oxygen atoms in total. The number of hydrogen-bond acceptors (Lipinski definition) is 2. The molecule has 0 amide bonds. The molecule has 0 heterocycles. The Morgan fingerprint density at radius 1 is 0.920 bits per heavy atom. The Kier molecular flexibility index (Phi) is 5.24. The molecule has 0 aliphatic rings. The van der Waals surface area contributed by atoms with Crippen molar-refractivity contribution in [2.45, 2.75) is 19.4 Å². The summed E-state index contributed by atoms with van der Waals surface area (Å²) in [5, 5.41) is 3.35. The quantitative estimate of drug-likeness (QED) is 0.598. The smallest absolute Gasteiger partial charge is 0.165 e. The van der Waals surface area contributed by atoms with Crippen molar-refractivity contribution in [3.63, 3.8) is 0 Å². The van der Waals surface area contributed by atoms with Gasteiger partial charge in [0.05, 0.1) is 6.04 Å². The maximum Gasteiger partial charge on any atom is 0.165 e. The second-order valence-corrected chi connectivity index (χ2v) is 6.11. The van der Waals surface area contributed by atoms with Crippen LogP contribution in [0.15, 0.2) is 78.9 Å². The van der Waals surface area contributed by atoms with Gasteiger partial charge >= 0.3 is 0 Å². The van der Waals surface area contributed by atoms with Crippen molar-refractivity contribution in [2.24, 2.45) is 0 Å². The number of halogens is 1. The lowest BCUT2D eigenvalue weighted by molar-refractivity contribution is 0.0976. The maximum absolute atomic E-state index is 13.1. The van der Waals surface area contributed by atoms with Gasteiger partial charge in [-0.2, -0.15) is 0 Å². The number of benzene rings is 3. The van der Waals surface area contributed by atoms with Crippen LogP contribution >= 0.6 is 0 Å². The van der Waals surface area contributed by atoms with E-state index in [2.05, 4.69) is 5.32 Å². The van der Waals surface area contributed by atoms with E-state index in [1.807, 2.05) is 61.5 Å². The van der Waals surface area contributed by atoms with Gasteiger partial charge in [0.15, 0.2) is 5.78 Å². The third-order valence-corrected chi connectivity index (χ3v) is 4.15. The van der Waals surface area contributed by atoms with Crippen molar-refractivity contribution in [3.8, 4) is 0 Å². The fourth-order valence-electron chi connectivity index (χ4n) is 2.73.